The highest BCUT2D eigenvalue weighted by molar-refractivity contribution is 5.75. The average Bonchev–Trinajstić information content (AvgIpc) is 2.55. The molecule has 0 saturated carbocycles. The van der Waals surface area contributed by atoms with Gasteiger partial charge in [-0.25, -0.2) is 0 Å². The second-order valence-corrected chi connectivity index (χ2v) is 3.00. The summed E-state index contributed by atoms with van der Waals surface area (Å²) in [5, 5.41) is 0. The molecule has 0 aromatic heterocycles. The molecular weight excluding hydrogens is 158 g/mol. The van der Waals surface area contributed by atoms with Gasteiger partial charge in [0.25, 0.3) is 0 Å². The first-order chi connectivity index (χ1) is 5.74. The number of nitrogens with two attached hydrogens (primary N) is 1. The lowest BCUT2D eigenvalue weighted by atomic mass is 10.1. The third-order valence-corrected chi connectivity index (χ3v) is 2.04. The van der Waals surface area contributed by atoms with Crippen LogP contribution in [0.2, 0.25) is 0 Å². The van der Waals surface area contributed by atoms with Gasteiger partial charge in [0.05, 0.1) is 13.2 Å². The van der Waals surface area contributed by atoms with Gasteiger partial charge in [-0.2, -0.15) is 0 Å². The molecule has 0 aliphatic carbocycles. The van der Waals surface area contributed by atoms with Crippen LogP contribution in [0.1, 0.15) is 19.3 Å². The molecule has 0 bridgehead atoms. The summed E-state index contributed by atoms with van der Waals surface area (Å²) < 4.78 is 9.83. The molecule has 1 fully saturated rings. The van der Waals surface area contributed by atoms with E-state index >= 15 is 0 Å². The predicted octanol–water partition coefficient (Wildman–Crippen LogP) is 0.0558. The highest BCUT2D eigenvalue weighted by Gasteiger charge is 2.22. The fraction of sp³-hybridized carbons (Fsp3) is 0.875. The molecule has 2 atom stereocenters. The van der Waals surface area contributed by atoms with Gasteiger partial charge in [-0.1, -0.05) is 0 Å². The highest BCUT2D eigenvalue weighted by Crippen LogP contribution is 2.16. The van der Waals surface area contributed by atoms with Crippen LogP contribution >= 0.6 is 0 Å². The van der Waals surface area contributed by atoms with Crippen molar-refractivity contribution in [2.24, 2.45) is 5.73 Å². The second-order valence-electron chi connectivity index (χ2n) is 3.00. The zero-order valence-electron chi connectivity index (χ0n) is 7.29. The molecule has 4 nitrogen and oxygen atoms in total. The zero-order valence-corrected chi connectivity index (χ0v) is 7.29. The minimum Gasteiger partial charge on any atom is -0.468 e. The number of carbonyl (C=O) groups is 1. The molecule has 4 heteroatoms. The SMILES string of the molecule is COC(=O)C(N)C[C@@H]1CCCO1. The molecule has 0 aromatic carbocycles. The first kappa shape index (κ1) is 9.48. The van der Waals surface area contributed by atoms with Crippen LogP contribution in [0, 0.1) is 0 Å². The molecule has 1 rings (SSSR count). The summed E-state index contributed by atoms with van der Waals surface area (Å²) in [6, 6.07) is -0.530. The quantitative estimate of drug-likeness (QED) is 0.613. The molecule has 1 saturated heterocycles. The number of hydrogen-bond donors (Lipinski definition) is 1. The van der Waals surface area contributed by atoms with Gasteiger partial charge in [0.15, 0.2) is 0 Å². The minimum absolute atomic E-state index is 0.152. The van der Waals surface area contributed by atoms with Crippen molar-refractivity contribution in [2.45, 2.75) is 31.4 Å². The van der Waals surface area contributed by atoms with Crippen molar-refractivity contribution in [3.63, 3.8) is 0 Å². The molecule has 0 spiro atoms. The van der Waals surface area contributed by atoms with Gasteiger partial charge in [0.1, 0.15) is 6.04 Å². The van der Waals surface area contributed by atoms with Crippen LogP contribution in [0.4, 0.5) is 0 Å². The van der Waals surface area contributed by atoms with Crippen molar-refractivity contribution in [1.82, 2.24) is 0 Å². The predicted molar refractivity (Wildman–Crippen MR) is 43.6 cm³/mol. The Kier molecular flexibility index (Phi) is 3.49. The monoisotopic (exact) mass is 173 g/mol. The third kappa shape index (κ3) is 2.46. The number of ether oxygens (including phenoxy) is 2. The molecular formula is C8H15NO3. The van der Waals surface area contributed by atoms with E-state index in [0.717, 1.165) is 19.4 Å². The van der Waals surface area contributed by atoms with Gasteiger partial charge in [0.2, 0.25) is 0 Å². The summed E-state index contributed by atoms with van der Waals surface area (Å²) >= 11 is 0. The van der Waals surface area contributed by atoms with E-state index < -0.39 is 6.04 Å². The minimum atomic E-state index is -0.530. The van der Waals surface area contributed by atoms with Crippen molar-refractivity contribution in [1.29, 1.82) is 0 Å². The highest BCUT2D eigenvalue weighted by atomic mass is 16.5. The van der Waals surface area contributed by atoms with E-state index in [9.17, 15) is 4.79 Å². The molecule has 0 radical (unpaired) electrons. The summed E-state index contributed by atoms with van der Waals surface area (Å²) in [4.78, 5) is 10.9. The number of methoxy groups -OCH3 is 1. The van der Waals surface area contributed by atoms with Gasteiger partial charge in [-0.3, -0.25) is 4.79 Å². The van der Waals surface area contributed by atoms with E-state index in [0.29, 0.717) is 6.42 Å². The summed E-state index contributed by atoms with van der Waals surface area (Å²) in [5.41, 5.74) is 5.55. The Balaban J connectivity index is 2.24. The number of rotatable bonds is 3. The lowest BCUT2D eigenvalue weighted by molar-refractivity contribution is -0.143. The number of esters is 1. The van der Waals surface area contributed by atoms with Gasteiger partial charge < -0.3 is 15.2 Å². The largest absolute Gasteiger partial charge is 0.468 e. The molecule has 70 valence electrons. The lowest BCUT2D eigenvalue weighted by Crippen LogP contribution is -2.34. The lowest BCUT2D eigenvalue weighted by Gasteiger charge is -2.13. The van der Waals surface area contributed by atoms with E-state index in [4.69, 9.17) is 10.5 Å². The van der Waals surface area contributed by atoms with Crippen LogP contribution < -0.4 is 5.73 Å². The Labute approximate surface area is 72.0 Å². The van der Waals surface area contributed by atoms with Crippen molar-refractivity contribution in [2.75, 3.05) is 13.7 Å². The zero-order chi connectivity index (χ0) is 8.97. The van der Waals surface area contributed by atoms with Gasteiger partial charge >= 0.3 is 5.97 Å². The normalized spacial score (nSPS) is 25.3. The molecule has 1 heterocycles. The smallest absolute Gasteiger partial charge is 0.322 e. The van der Waals surface area contributed by atoms with E-state index in [1.165, 1.54) is 7.11 Å². The fourth-order valence-corrected chi connectivity index (χ4v) is 1.36. The summed E-state index contributed by atoms with van der Waals surface area (Å²) in [5.74, 6) is -0.356. The standard InChI is InChI=1S/C8H15NO3/c1-11-8(10)7(9)5-6-3-2-4-12-6/h6-7H,2-5,9H2,1H3/t6-,7?/m0/s1. The molecule has 12 heavy (non-hydrogen) atoms. The Morgan fingerprint density at radius 2 is 2.58 bits per heavy atom. The molecule has 0 amide bonds. The maximum absolute atomic E-state index is 10.9. The molecule has 1 aliphatic rings. The Morgan fingerprint density at radius 1 is 1.83 bits per heavy atom. The second kappa shape index (κ2) is 4.42. The van der Waals surface area contributed by atoms with Gasteiger partial charge in [-0.05, 0) is 19.3 Å². The van der Waals surface area contributed by atoms with Gasteiger partial charge in [0, 0.05) is 6.61 Å². The summed E-state index contributed by atoms with van der Waals surface area (Å²) in [7, 11) is 1.34. The van der Waals surface area contributed by atoms with Crippen LogP contribution in [-0.4, -0.2) is 31.8 Å². The first-order valence-corrected chi connectivity index (χ1v) is 4.19. The van der Waals surface area contributed by atoms with Crippen molar-refractivity contribution < 1.29 is 14.3 Å². The Morgan fingerprint density at radius 3 is 3.08 bits per heavy atom. The first-order valence-electron chi connectivity index (χ1n) is 4.19. The maximum Gasteiger partial charge on any atom is 0.322 e. The average molecular weight is 173 g/mol. The summed E-state index contributed by atoms with van der Waals surface area (Å²) in [6.45, 7) is 0.790. The summed E-state index contributed by atoms with van der Waals surface area (Å²) in [6.07, 6.45) is 2.80. The van der Waals surface area contributed by atoms with Gasteiger partial charge in [-0.15, -0.1) is 0 Å². The van der Waals surface area contributed by atoms with Crippen molar-refractivity contribution in [3.05, 3.63) is 0 Å². The molecule has 1 aliphatic heterocycles. The van der Waals surface area contributed by atoms with E-state index in [1.54, 1.807) is 0 Å². The van der Waals surface area contributed by atoms with E-state index in [2.05, 4.69) is 4.74 Å². The fourth-order valence-electron chi connectivity index (χ4n) is 1.36. The number of hydrogen-bond acceptors (Lipinski definition) is 4. The van der Waals surface area contributed by atoms with Crippen LogP contribution in [0.5, 0.6) is 0 Å². The van der Waals surface area contributed by atoms with Crippen LogP contribution in [0.3, 0.4) is 0 Å². The number of carbonyl (C=O) groups excluding carboxylic acids is 1. The van der Waals surface area contributed by atoms with Crippen LogP contribution in [0.15, 0.2) is 0 Å². The Bertz CT molecular complexity index is 154. The Hall–Kier alpha value is -0.610. The topological polar surface area (TPSA) is 61.5 Å². The van der Waals surface area contributed by atoms with E-state index in [1.807, 2.05) is 0 Å². The molecule has 0 aromatic rings. The maximum atomic E-state index is 10.9. The molecule has 2 N–H and O–H groups in total. The van der Waals surface area contributed by atoms with Crippen LogP contribution in [-0.2, 0) is 14.3 Å². The molecule has 1 unspecified atom stereocenters. The van der Waals surface area contributed by atoms with Crippen molar-refractivity contribution >= 4 is 5.97 Å². The third-order valence-electron chi connectivity index (χ3n) is 2.04. The van der Waals surface area contributed by atoms with Crippen molar-refractivity contribution in [3.8, 4) is 0 Å². The van der Waals surface area contributed by atoms with Crippen LogP contribution in [0.25, 0.3) is 0 Å². The van der Waals surface area contributed by atoms with E-state index in [-0.39, 0.29) is 12.1 Å².